The van der Waals surface area contributed by atoms with E-state index < -0.39 is 11.4 Å². The maximum atomic E-state index is 12.4. The lowest BCUT2D eigenvalue weighted by Crippen LogP contribution is -2.39. The minimum Gasteiger partial charge on any atom is -0.481 e. The smallest absolute Gasteiger partial charge is 0.314 e. The van der Waals surface area contributed by atoms with Crippen molar-refractivity contribution in [3.8, 4) is 0 Å². The molecule has 0 unspecified atom stereocenters. The molecule has 0 saturated heterocycles. The van der Waals surface area contributed by atoms with Crippen LogP contribution in [0.2, 0.25) is 0 Å². The molecular weight excluding hydrogens is 404 g/mol. The zero-order valence-corrected chi connectivity index (χ0v) is 21.6. The van der Waals surface area contributed by atoms with Gasteiger partial charge in [-0.25, -0.2) is 0 Å². The van der Waals surface area contributed by atoms with Gasteiger partial charge in [0.05, 0.1) is 5.41 Å². The third kappa shape index (κ3) is 7.33. The van der Waals surface area contributed by atoms with Gasteiger partial charge < -0.3 is 5.11 Å². The number of carbonyl (C=O) groups is 1. The average molecular weight is 455 g/mol. The normalized spacial score (nSPS) is 28.0. The Balaban J connectivity index is 1.50. The average Bonchev–Trinajstić information content (AvgIpc) is 2.85. The SMILES string of the molecule is CCCCCCCC1CCC(c2ccc(C3(C(=O)O)CCC(CCCCC)CC3)cc2)CC1. The number of hydrogen-bond acceptors (Lipinski definition) is 1. The summed E-state index contributed by atoms with van der Waals surface area (Å²) >= 11 is 0. The van der Waals surface area contributed by atoms with Gasteiger partial charge in [-0.3, -0.25) is 4.79 Å². The maximum Gasteiger partial charge on any atom is 0.314 e. The molecule has 3 rings (SSSR count). The highest BCUT2D eigenvalue weighted by Crippen LogP contribution is 2.44. The quantitative estimate of drug-likeness (QED) is 0.301. The summed E-state index contributed by atoms with van der Waals surface area (Å²) in [5, 5.41) is 10.2. The summed E-state index contributed by atoms with van der Waals surface area (Å²) in [4.78, 5) is 12.4. The molecule has 2 aliphatic carbocycles. The third-order valence-electron chi connectivity index (χ3n) is 9.08. The van der Waals surface area contributed by atoms with Crippen LogP contribution in [0.5, 0.6) is 0 Å². The van der Waals surface area contributed by atoms with Crippen molar-refractivity contribution in [3.63, 3.8) is 0 Å². The van der Waals surface area contributed by atoms with E-state index in [1.54, 1.807) is 0 Å². The van der Waals surface area contributed by atoms with Crippen molar-refractivity contribution in [3.05, 3.63) is 35.4 Å². The fraction of sp³-hybridized carbons (Fsp3) is 0.774. The second-order valence-corrected chi connectivity index (χ2v) is 11.4. The van der Waals surface area contributed by atoms with Crippen molar-refractivity contribution in [2.24, 2.45) is 11.8 Å². The molecule has 186 valence electrons. The molecule has 0 spiro atoms. The lowest BCUT2D eigenvalue weighted by molar-refractivity contribution is -0.145. The van der Waals surface area contributed by atoms with E-state index in [0.717, 1.165) is 43.1 Å². The minimum absolute atomic E-state index is 0.610. The van der Waals surface area contributed by atoms with Gasteiger partial charge in [0, 0.05) is 0 Å². The van der Waals surface area contributed by atoms with E-state index in [9.17, 15) is 9.90 Å². The van der Waals surface area contributed by atoms with Gasteiger partial charge in [0.1, 0.15) is 0 Å². The zero-order valence-electron chi connectivity index (χ0n) is 21.6. The summed E-state index contributed by atoms with van der Waals surface area (Å²) in [6.07, 6.45) is 22.7. The standard InChI is InChI=1S/C31H50O2/c1-3-5-7-8-10-12-25-13-15-27(16-14-25)28-17-19-29(20-18-28)31(30(32)33)23-21-26(22-24-31)11-9-6-4-2/h17-20,25-27H,3-16,21-24H2,1-2H3,(H,32,33). The van der Waals surface area contributed by atoms with E-state index in [2.05, 4.69) is 38.1 Å². The maximum absolute atomic E-state index is 12.4. The van der Waals surface area contributed by atoms with Crippen molar-refractivity contribution < 1.29 is 9.90 Å². The van der Waals surface area contributed by atoms with Crippen molar-refractivity contribution in [2.75, 3.05) is 0 Å². The van der Waals surface area contributed by atoms with Crippen molar-refractivity contribution in [1.82, 2.24) is 0 Å². The van der Waals surface area contributed by atoms with Gasteiger partial charge in [-0.1, -0.05) is 102 Å². The summed E-state index contributed by atoms with van der Waals surface area (Å²) in [6.45, 7) is 4.54. The predicted molar refractivity (Wildman–Crippen MR) is 140 cm³/mol. The third-order valence-corrected chi connectivity index (χ3v) is 9.08. The largest absolute Gasteiger partial charge is 0.481 e. The molecule has 0 atom stereocenters. The second-order valence-electron chi connectivity index (χ2n) is 11.4. The van der Waals surface area contributed by atoms with Crippen LogP contribution >= 0.6 is 0 Å². The van der Waals surface area contributed by atoms with E-state index in [4.69, 9.17) is 0 Å². The summed E-state index contributed by atoms with van der Waals surface area (Å²) in [6, 6.07) is 8.87. The van der Waals surface area contributed by atoms with Gasteiger partial charge in [0.15, 0.2) is 0 Å². The Morgan fingerprint density at radius 3 is 1.85 bits per heavy atom. The van der Waals surface area contributed by atoms with Crippen molar-refractivity contribution >= 4 is 5.97 Å². The minimum atomic E-state index is -0.658. The molecule has 1 N–H and O–H groups in total. The highest BCUT2D eigenvalue weighted by Gasteiger charge is 2.43. The predicted octanol–water partition coefficient (Wildman–Crippen LogP) is 9.41. The van der Waals surface area contributed by atoms with Crippen LogP contribution in [0.15, 0.2) is 24.3 Å². The van der Waals surface area contributed by atoms with E-state index in [1.807, 2.05) is 0 Å². The van der Waals surface area contributed by atoms with Gasteiger partial charge in [0.2, 0.25) is 0 Å². The first-order valence-corrected chi connectivity index (χ1v) is 14.4. The lowest BCUT2D eigenvalue weighted by atomic mass is 9.65. The molecule has 0 aliphatic heterocycles. The molecule has 0 aromatic heterocycles. The Kier molecular flexibility index (Phi) is 10.8. The number of benzene rings is 1. The van der Waals surface area contributed by atoms with Gasteiger partial charge in [-0.05, 0) is 80.2 Å². The number of unbranched alkanes of at least 4 members (excludes halogenated alkanes) is 6. The molecule has 2 fully saturated rings. The van der Waals surface area contributed by atoms with E-state index >= 15 is 0 Å². The first-order chi connectivity index (χ1) is 16.1. The molecule has 0 heterocycles. The van der Waals surface area contributed by atoms with Crippen LogP contribution < -0.4 is 0 Å². The highest BCUT2D eigenvalue weighted by molar-refractivity contribution is 5.81. The number of carboxylic acid groups (broad SMARTS) is 1. The fourth-order valence-corrected chi connectivity index (χ4v) is 6.66. The van der Waals surface area contributed by atoms with Crippen LogP contribution in [-0.2, 0) is 10.2 Å². The number of aliphatic carboxylic acids is 1. The summed E-state index contributed by atoms with van der Waals surface area (Å²) in [5.41, 5.74) is 1.83. The Hall–Kier alpha value is -1.31. The fourth-order valence-electron chi connectivity index (χ4n) is 6.66. The molecule has 2 saturated carbocycles. The Morgan fingerprint density at radius 1 is 0.758 bits per heavy atom. The monoisotopic (exact) mass is 454 g/mol. The molecule has 0 bridgehead atoms. The van der Waals surface area contributed by atoms with Gasteiger partial charge in [-0.2, -0.15) is 0 Å². The molecule has 2 heteroatoms. The topological polar surface area (TPSA) is 37.3 Å². The van der Waals surface area contributed by atoms with Crippen LogP contribution in [0.3, 0.4) is 0 Å². The summed E-state index contributed by atoms with van der Waals surface area (Å²) < 4.78 is 0. The number of carboxylic acids is 1. The molecule has 33 heavy (non-hydrogen) atoms. The Bertz CT molecular complexity index is 675. The number of rotatable bonds is 13. The van der Waals surface area contributed by atoms with Crippen LogP contribution in [0.25, 0.3) is 0 Å². The van der Waals surface area contributed by atoms with E-state index in [-0.39, 0.29) is 0 Å². The van der Waals surface area contributed by atoms with Crippen LogP contribution in [0.4, 0.5) is 0 Å². The highest BCUT2D eigenvalue weighted by atomic mass is 16.4. The first-order valence-electron chi connectivity index (χ1n) is 14.4. The van der Waals surface area contributed by atoms with Crippen LogP contribution in [0.1, 0.15) is 146 Å². The number of hydrogen-bond donors (Lipinski definition) is 1. The van der Waals surface area contributed by atoms with Crippen molar-refractivity contribution in [1.29, 1.82) is 0 Å². The molecule has 2 nitrogen and oxygen atoms in total. The molecule has 2 aliphatic rings. The summed E-state index contributed by atoms with van der Waals surface area (Å²) in [7, 11) is 0. The van der Waals surface area contributed by atoms with Crippen molar-refractivity contribution in [2.45, 2.75) is 141 Å². The van der Waals surface area contributed by atoms with Crippen LogP contribution in [0, 0.1) is 11.8 Å². The van der Waals surface area contributed by atoms with Gasteiger partial charge in [-0.15, -0.1) is 0 Å². The van der Waals surface area contributed by atoms with Gasteiger partial charge in [0.25, 0.3) is 0 Å². The molecular formula is C31H50O2. The molecule has 1 aromatic rings. The second kappa shape index (κ2) is 13.5. The lowest BCUT2D eigenvalue weighted by Gasteiger charge is -2.37. The Morgan fingerprint density at radius 2 is 1.27 bits per heavy atom. The first kappa shape index (κ1) is 26.3. The van der Waals surface area contributed by atoms with E-state index in [0.29, 0.717) is 5.92 Å². The van der Waals surface area contributed by atoms with E-state index in [1.165, 1.54) is 95.5 Å². The molecule has 0 amide bonds. The summed E-state index contributed by atoms with van der Waals surface area (Å²) in [5.74, 6) is 1.72. The zero-order chi connectivity index (χ0) is 23.5. The molecule has 1 aromatic carbocycles. The Labute approximate surface area is 203 Å². The molecule has 0 radical (unpaired) electrons. The van der Waals surface area contributed by atoms with Crippen LogP contribution in [-0.4, -0.2) is 11.1 Å². The van der Waals surface area contributed by atoms with Gasteiger partial charge >= 0.3 is 5.97 Å².